The van der Waals surface area contributed by atoms with Crippen LogP contribution in [-0.4, -0.2) is 42.9 Å². The standard InChI is InChI=1S/C21H24N2O3S/c1-3-16-7-9-18(10-8-16)23-20-14-27(25,26)13-19(20)22(21(23)24)12-17-6-4-5-15(2)11-17/h4-11,19-20H,3,12-14H2,1-2H3/t19-,20+/m1/s1. The van der Waals surface area contributed by atoms with E-state index in [-0.39, 0.29) is 29.6 Å². The fourth-order valence-corrected chi connectivity index (χ4v) is 6.11. The average molecular weight is 385 g/mol. The highest BCUT2D eigenvalue weighted by Gasteiger charge is 2.53. The molecule has 27 heavy (non-hydrogen) atoms. The van der Waals surface area contributed by atoms with Crippen molar-refractivity contribution in [2.75, 3.05) is 16.4 Å². The topological polar surface area (TPSA) is 57.7 Å². The largest absolute Gasteiger partial charge is 0.325 e. The maximum absolute atomic E-state index is 13.2. The maximum atomic E-state index is 13.2. The first-order valence-electron chi connectivity index (χ1n) is 9.33. The van der Waals surface area contributed by atoms with E-state index in [0.717, 1.165) is 23.2 Å². The summed E-state index contributed by atoms with van der Waals surface area (Å²) in [5, 5.41) is 0. The number of anilines is 1. The molecule has 2 fully saturated rings. The van der Waals surface area contributed by atoms with Gasteiger partial charge in [0, 0.05) is 12.2 Å². The highest BCUT2D eigenvalue weighted by molar-refractivity contribution is 7.91. The Morgan fingerprint density at radius 1 is 1.00 bits per heavy atom. The molecule has 2 amide bonds. The molecule has 0 spiro atoms. The van der Waals surface area contributed by atoms with Crippen LogP contribution in [0, 0.1) is 6.92 Å². The van der Waals surface area contributed by atoms with Gasteiger partial charge in [0.25, 0.3) is 0 Å². The summed E-state index contributed by atoms with van der Waals surface area (Å²) in [6, 6.07) is 15.1. The summed E-state index contributed by atoms with van der Waals surface area (Å²) in [6.07, 6.45) is 0.925. The molecule has 2 heterocycles. The molecule has 0 radical (unpaired) electrons. The number of amides is 2. The van der Waals surface area contributed by atoms with E-state index in [0.29, 0.717) is 6.54 Å². The van der Waals surface area contributed by atoms with Crippen LogP contribution in [-0.2, 0) is 22.8 Å². The summed E-state index contributed by atoms with van der Waals surface area (Å²) in [4.78, 5) is 16.7. The zero-order valence-corrected chi connectivity index (χ0v) is 16.4. The molecule has 0 bridgehead atoms. The van der Waals surface area contributed by atoms with Gasteiger partial charge in [0.15, 0.2) is 9.84 Å². The first kappa shape index (κ1) is 18.0. The third-order valence-corrected chi connectivity index (χ3v) is 7.23. The van der Waals surface area contributed by atoms with Gasteiger partial charge in [-0.3, -0.25) is 4.90 Å². The van der Waals surface area contributed by atoms with Crippen LogP contribution in [0.5, 0.6) is 0 Å². The summed E-state index contributed by atoms with van der Waals surface area (Å²) in [5.74, 6) is 0.0714. The van der Waals surface area contributed by atoms with Crippen molar-refractivity contribution in [1.29, 1.82) is 0 Å². The second kappa shape index (κ2) is 6.68. The summed E-state index contributed by atoms with van der Waals surface area (Å²) in [5.41, 5.74) is 4.12. The van der Waals surface area contributed by atoms with Gasteiger partial charge in [-0.2, -0.15) is 0 Å². The fraction of sp³-hybridized carbons (Fsp3) is 0.381. The monoisotopic (exact) mass is 384 g/mol. The number of rotatable bonds is 4. The van der Waals surface area contributed by atoms with Gasteiger partial charge in [0.1, 0.15) is 0 Å². The van der Waals surface area contributed by atoms with Crippen molar-refractivity contribution in [2.45, 2.75) is 38.9 Å². The van der Waals surface area contributed by atoms with Gasteiger partial charge < -0.3 is 4.90 Å². The van der Waals surface area contributed by atoms with Gasteiger partial charge in [-0.15, -0.1) is 0 Å². The maximum Gasteiger partial charge on any atom is 0.325 e. The van der Waals surface area contributed by atoms with Crippen LogP contribution in [0.1, 0.15) is 23.6 Å². The predicted octanol–water partition coefficient (Wildman–Crippen LogP) is 3.17. The number of urea groups is 1. The lowest BCUT2D eigenvalue weighted by atomic mass is 10.1. The SMILES string of the molecule is CCc1ccc(N2C(=O)N(Cc3cccc(C)c3)[C@@H]3CS(=O)(=O)C[C@@H]32)cc1. The van der Waals surface area contributed by atoms with Crippen LogP contribution < -0.4 is 4.90 Å². The van der Waals surface area contributed by atoms with Crippen LogP contribution in [0.25, 0.3) is 0 Å². The highest BCUT2D eigenvalue weighted by atomic mass is 32.2. The van der Waals surface area contributed by atoms with E-state index in [1.165, 1.54) is 5.56 Å². The molecule has 0 aliphatic carbocycles. The number of fused-ring (bicyclic) bond motifs is 1. The Labute approximate surface area is 160 Å². The summed E-state index contributed by atoms with van der Waals surface area (Å²) < 4.78 is 24.6. The zero-order chi connectivity index (χ0) is 19.2. The van der Waals surface area contributed by atoms with E-state index >= 15 is 0 Å². The average Bonchev–Trinajstić information content (AvgIpc) is 3.06. The van der Waals surface area contributed by atoms with Crippen LogP contribution in [0.2, 0.25) is 0 Å². The first-order valence-corrected chi connectivity index (χ1v) is 11.1. The van der Waals surface area contributed by atoms with Crippen molar-refractivity contribution < 1.29 is 13.2 Å². The second-order valence-electron chi connectivity index (χ2n) is 7.50. The number of hydrogen-bond donors (Lipinski definition) is 0. The smallest absolute Gasteiger partial charge is 0.314 e. The molecule has 0 aromatic heterocycles. The van der Waals surface area contributed by atoms with Crippen LogP contribution in [0.15, 0.2) is 48.5 Å². The quantitative estimate of drug-likeness (QED) is 0.761. The van der Waals surface area contributed by atoms with Gasteiger partial charge in [0.05, 0.1) is 23.6 Å². The summed E-state index contributed by atoms with van der Waals surface area (Å²) in [6.45, 7) is 4.53. The predicted molar refractivity (Wildman–Crippen MR) is 107 cm³/mol. The van der Waals surface area contributed by atoms with Gasteiger partial charge in [-0.25, -0.2) is 13.2 Å². The Hall–Kier alpha value is -2.34. The number of aryl methyl sites for hydroxylation is 2. The van der Waals surface area contributed by atoms with Crippen LogP contribution in [0.4, 0.5) is 10.5 Å². The molecule has 5 nitrogen and oxygen atoms in total. The van der Waals surface area contributed by atoms with E-state index < -0.39 is 9.84 Å². The second-order valence-corrected chi connectivity index (χ2v) is 9.65. The molecule has 6 heteroatoms. The number of hydrogen-bond acceptors (Lipinski definition) is 3. The Kier molecular flexibility index (Phi) is 4.46. The fourth-order valence-electron chi connectivity index (χ4n) is 4.16. The molecular weight excluding hydrogens is 360 g/mol. The minimum Gasteiger partial charge on any atom is -0.314 e. The molecule has 0 saturated carbocycles. The third-order valence-electron chi connectivity index (χ3n) is 5.54. The minimum atomic E-state index is -3.15. The Balaban J connectivity index is 1.69. The van der Waals surface area contributed by atoms with Crippen molar-refractivity contribution in [3.8, 4) is 0 Å². The van der Waals surface area contributed by atoms with Gasteiger partial charge >= 0.3 is 6.03 Å². The number of nitrogens with zero attached hydrogens (tertiary/aromatic N) is 2. The lowest BCUT2D eigenvalue weighted by molar-refractivity contribution is 0.206. The van der Waals surface area contributed by atoms with Crippen LogP contribution >= 0.6 is 0 Å². The van der Waals surface area contributed by atoms with E-state index in [4.69, 9.17) is 0 Å². The molecule has 2 aromatic rings. The molecule has 4 rings (SSSR count). The van der Waals surface area contributed by atoms with Gasteiger partial charge in [-0.1, -0.05) is 48.9 Å². The normalized spacial score (nSPS) is 23.7. The molecule has 2 aliphatic heterocycles. The van der Waals surface area contributed by atoms with Gasteiger partial charge in [0.2, 0.25) is 0 Å². The van der Waals surface area contributed by atoms with Crippen molar-refractivity contribution in [3.63, 3.8) is 0 Å². The number of carbonyl (C=O) groups excluding carboxylic acids is 1. The number of carbonyl (C=O) groups is 1. The van der Waals surface area contributed by atoms with Crippen molar-refractivity contribution >= 4 is 21.6 Å². The van der Waals surface area contributed by atoms with E-state index in [1.807, 2.05) is 55.5 Å². The first-order chi connectivity index (χ1) is 12.9. The van der Waals surface area contributed by atoms with E-state index in [9.17, 15) is 13.2 Å². The van der Waals surface area contributed by atoms with Crippen molar-refractivity contribution in [2.24, 2.45) is 0 Å². The molecule has 0 unspecified atom stereocenters. The van der Waals surface area contributed by atoms with Crippen LogP contribution in [0.3, 0.4) is 0 Å². The molecule has 2 saturated heterocycles. The van der Waals surface area contributed by atoms with Crippen molar-refractivity contribution in [1.82, 2.24) is 4.90 Å². The molecule has 142 valence electrons. The molecule has 0 N–H and O–H groups in total. The molecule has 2 aromatic carbocycles. The van der Waals surface area contributed by atoms with E-state index in [1.54, 1.807) is 9.80 Å². The number of benzene rings is 2. The lowest BCUT2D eigenvalue weighted by Crippen LogP contribution is -2.37. The minimum absolute atomic E-state index is 0.0310. The zero-order valence-electron chi connectivity index (χ0n) is 15.6. The van der Waals surface area contributed by atoms with E-state index in [2.05, 4.69) is 6.92 Å². The Bertz CT molecular complexity index is 969. The molecular formula is C21H24N2O3S. The molecule has 2 aliphatic rings. The summed E-state index contributed by atoms with van der Waals surface area (Å²) in [7, 11) is -3.15. The van der Waals surface area contributed by atoms with Gasteiger partial charge in [-0.05, 0) is 36.6 Å². The van der Waals surface area contributed by atoms with Crippen molar-refractivity contribution in [3.05, 3.63) is 65.2 Å². The summed E-state index contributed by atoms with van der Waals surface area (Å²) >= 11 is 0. The Morgan fingerprint density at radius 2 is 1.70 bits per heavy atom. The Morgan fingerprint density at radius 3 is 2.37 bits per heavy atom. The molecule has 2 atom stereocenters. The third kappa shape index (κ3) is 3.34. The highest BCUT2D eigenvalue weighted by Crippen LogP contribution is 2.36. The lowest BCUT2D eigenvalue weighted by Gasteiger charge is -2.23. The number of sulfone groups is 1.